The molecule has 1 fully saturated rings. The first kappa shape index (κ1) is 9.73. The van der Waals surface area contributed by atoms with Crippen LogP contribution in [0.5, 0.6) is 0 Å². The minimum Gasteiger partial charge on any atom is -0.197 e. The molecule has 0 unspecified atom stereocenters. The molecule has 0 heterocycles. The summed E-state index contributed by atoms with van der Waals surface area (Å²) >= 11 is 3.49. The molecule has 0 aliphatic heterocycles. The molecule has 1 saturated carbocycles. The molecule has 14 heavy (non-hydrogen) atoms. The molecule has 1 aromatic rings. The molecule has 0 atom stereocenters. The fourth-order valence-electron chi connectivity index (χ4n) is 1.72. The molecule has 1 aliphatic carbocycles. The highest BCUT2D eigenvalue weighted by atomic mass is 79.9. The van der Waals surface area contributed by atoms with Gasteiger partial charge in [0, 0.05) is 4.47 Å². The third-order valence-electron chi connectivity index (χ3n) is 2.88. The average Bonchev–Trinajstić information content (AvgIpc) is 2.97. The van der Waals surface area contributed by atoms with Crippen molar-refractivity contribution < 1.29 is 0 Å². The van der Waals surface area contributed by atoms with Gasteiger partial charge >= 0.3 is 0 Å². The lowest BCUT2D eigenvalue weighted by molar-refractivity contribution is 0.900. The number of nitrogens with zero attached hydrogens (tertiary/aromatic N) is 1. The van der Waals surface area contributed by atoms with Crippen molar-refractivity contribution in [3.8, 4) is 6.07 Å². The van der Waals surface area contributed by atoms with Crippen molar-refractivity contribution in [1.82, 2.24) is 0 Å². The molecule has 2 rings (SSSR count). The van der Waals surface area contributed by atoms with Crippen LogP contribution in [0.3, 0.4) is 0 Å². The summed E-state index contributed by atoms with van der Waals surface area (Å²) < 4.78 is 1.09. The van der Waals surface area contributed by atoms with Gasteiger partial charge < -0.3 is 0 Å². The zero-order chi connectivity index (χ0) is 10.2. The van der Waals surface area contributed by atoms with E-state index in [0.717, 1.165) is 23.7 Å². The zero-order valence-corrected chi connectivity index (χ0v) is 9.76. The molecule has 0 spiro atoms. The molecule has 0 amide bonds. The second-order valence-corrected chi connectivity index (χ2v) is 4.81. The SMILES string of the molecule is CCc1cc(Br)cc(C2(C#N)CC2)c1. The zero-order valence-electron chi connectivity index (χ0n) is 8.18. The van der Waals surface area contributed by atoms with Gasteiger partial charge in [0.2, 0.25) is 0 Å². The maximum Gasteiger partial charge on any atom is 0.0824 e. The van der Waals surface area contributed by atoms with Crippen molar-refractivity contribution in [2.75, 3.05) is 0 Å². The molecule has 0 saturated heterocycles. The van der Waals surface area contributed by atoms with Crippen molar-refractivity contribution in [1.29, 1.82) is 5.26 Å². The smallest absolute Gasteiger partial charge is 0.0824 e. The number of rotatable bonds is 2. The summed E-state index contributed by atoms with van der Waals surface area (Å²) in [6, 6.07) is 8.79. The van der Waals surface area contributed by atoms with Crippen LogP contribution in [0.25, 0.3) is 0 Å². The van der Waals surface area contributed by atoms with Gasteiger partial charge in [-0.2, -0.15) is 5.26 Å². The molecule has 0 N–H and O–H groups in total. The van der Waals surface area contributed by atoms with Gasteiger partial charge in [-0.1, -0.05) is 28.9 Å². The van der Waals surface area contributed by atoms with E-state index in [4.69, 9.17) is 5.26 Å². The Morgan fingerprint density at radius 3 is 2.64 bits per heavy atom. The molecule has 2 heteroatoms. The Kier molecular flexibility index (Phi) is 2.36. The first-order valence-corrected chi connectivity index (χ1v) is 5.71. The molecule has 0 radical (unpaired) electrons. The molecular weight excluding hydrogens is 238 g/mol. The topological polar surface area (TPSA) is 23.8 Å². The molecule has 1 aliphatic rings. The first-order chi connectivity index (χ1) is 6.70. The fourth-order valence-corrected chi connectivity index (χ4v) is 2.26. The number of nitriles is 1. The fraction of sp³-hybridized carbons (Fsp3) is 0.417. The number of aryl methyl sites for hydroxylation is 1. The lowest BCUT2D eigenvalue weighted by Crippen LogP contribution is -2.03. The van der Waals surface area contributed by atoms with E-state index in [2.05, 4.69) is 47.1 Å². The summed E-state index contributed by atoms with van der Waals surface area (Å²) in [4.78, 5) is 0. The van der Waals surface area contributed by atoms with Crippen LogP contribution in [0.4, 0.5) is 0 Å². The average molecular weight is 250 g/mol. The van der Waals surface area contributed by atoms with E-state index < -0.39 is 0 Å². The Hall–Kier alpha value is -0.810. The standard InChI is InChI=1S/C12H12BrN/c1-2-9-5-10(7-11(13)6-9)12(8-14)3-4-12/h5-7H,2-4H2,1H3. The summed E-state index contributed by atoms with van der Waals surface area (Å²) in [7, 11) is 0. The van der Waals surface area contributed by atoms with Crippen LogP contribution in [-0.2, 0) is 11.8 Å². The summed E-state index contributed by atoms with van der Waals surface area (Å²) in [6.45, 7) is 2.14. The summed E-state index contributed by atoms with van der Waals surface area (Å²) in [6.07, 6.45) is 3.06. The minimum absolute atomic E-state index is 0.159. The number of hydrogen-bond acceptors (Lipinski definition) is 1. The van der Waals surface area contributed by atoms with Gasteiger partial charge in [-0.3, -0.25) is 0 Å². The molecule has 1 aromatic carbocycles. The van der Waals surface area contributed by atoms with E-state index in [1.54, 1.807) is 0 Å². The first-order valence-electron chi connectivity index (χ1n) is 4.91. The van der Waals surface area contributed by atoms with Gasteiger partial charge in [0.25, 0.3) is 0 Å². The van der Waals surface area contributed by atoms with Gasteiger partial charge in [-0.25, -0.2) is 0 Å². The quantitative estimate of drug-likeness (QED) is 0.787. The lowest BCUT2D eigenvalue weighted by Gasteiger charge is -2.08. The van der Waals surface area contributed by atoms with E-state index >= 15 is 0 Å². The van der Waals surface area contributed by atoms with Crippen LogP contribution in [-0.4, -0.2) is 0 Å². The number of halogens is 1. The summed E-state index contributed by atoms with van der Waals surface area (Å²) in [5, 5.41) is 9.10. The van der Waals surface area contributed by atoms with Crippen LogP contribution in [0.2, 0.25) is 0 Å². The predicted molar refractivity (Wildman–Crippen MR) is 60.0 cm³/mol. The third kappa shape index (κ3) is 1.57. The van der Waals surface area contributed by atoms with Crippen molar-refractivity contribution in [3.05, 3.63) is 33.8 Å². The van der Waals surface area contributed by atoms with Crippen LogP contribution in [0, 0.1) is 11.3 Å². The molecule has 1 nitrogen and oxygen atoms in total. The second kappa shape index (κ2) is 3.40. The van der Waals surface area contributed by atoms with Crippen molar-refractivity contribution >= 4 is 15.9 Å². The van der Waals surface area contributed by atoms with E-state index in [0.29, 0.717) is 0 Å². The van der Waals surface area contributed by atoms with Gasteiger partial charge in [0.1, 0.15) is 0 Å². The highest BCUT2D eigenvalue weighted by Crippen LogP contribution is 2.48. The molecule has 0 bridgehead atoms. The van der Waals surface area contributed by atoms with Crippen LogP contribution >= 0.6 is 15.9 Å². The Bertz CT molecular complexity index is 399. The maximum absolute atomic E-state index is 9.10. The normalized spacial score (nSPS) is 17.5. The van der Waals surface area contributed by atoms with Gasteiger partial charge in [-0.05, 0) is 42.5 Å². The minimum atomic E-state index is -0.159. The Balaban J connectivity index is 2.45. The van der Waals surface area contributed by atoms with E-state index in [1.807, 2.05) is 0 Å². The van der Waals surface area contributed by atoms with E-state index in [9.17, 15) is 0 Å². The van der Waals surface area contributed by atoms with Gasteiger partial charge in [0.15, 0.2) is 0 Å². The highest BCUT2D eigenvalue weighted by Gasteiger charge is 2.45. The van der Waals surface area contributed by atoms with Crippen molar-refractivity contribution in [2.24, 2.45) is 0 Å². The highest BCUT2D eigenvalue weighted by molar-refractivity contribution is 9.10. The van der Waals surface area contributed by atoms with E-state index in [1.165, 1.54) is 11.1 Å². The Morgan fingerprint density at radius 1 is 1.43 bits per heavy atom. The van der Waals surface area contributed by atoms with Crippen LogP contribution < -0.4 is 0 Å². The molecular formula is C12H12BrN. The lowest BCUT2D eigenvalue weighted by atomic mass is 9.95. The Labute approximate surface area is 92.9 Å². The largest absolute Gasteiger partial charge is 0.197 e. The number of benzene rings is 1. The summed E-state index contributed by atoms with van der Waals surface area (Å²) in [5.74, 6) is 0. The van der Waals surface area contributed by atoms with Crippen LogP contribution in [0.15, 0.2) is 22.7 Å². The van der Waals surface area contributed by atoms with Crippen molar-refractivity contribution in [3.63, 3.8) is 0 Å². The Morgan fingerprint density at radius 2 is 2.14 bits per heavy atom. The summed E-state index contributed by atoms with van der Waals surface area (Å²) in [5.41, 5.74) is 2.33. The number of hydrogen-bond donors (Lipinski definition) is 0. The molecule has 0 aromatic heterocycles. The van der Waals surface area contributed by atoms with Gasteiger partial charge in [-0.15, -0.1) is 0 Å². The van der Waals surface area contributed by atoms with Gasteiger partial charge in [0.05, 0.1) is 11.5 Å². The molecule has 72 valence electrons. The van der Waals surface area contributed by atoms with Crippen molar-refractivity contribution in [2.45, 2.75) is 31.6 Å². The maximum atomic E-state index is 9.10. The van der Waals surface area contributed by atoms with Crippen LogP contribution in [0.1, 0.15) is 30.9 Å². The predicted octanol–water partition coefficient (Wildman–Crippen LogP) is 3.57. The second-order valence-electron chi connectivity index (χ2n) is 3.90. The monoisotopic (exact) mass is 249 g/mol. The third-order valence-corrected chi connectivity index (χ3v) is 3.34. The van der Waals surface area contributed by atoms with E-state index in [-0.39, 0.29) is 5.41 Å².